The van der Waals surface area contributed by atoms with E-state index in [0.29, 0.717) is 11.3 Å². The van der Waals surface area contributed by atoms with E-state index in [4.69, 9.17) is 19.3 Å². The molecule has 0 bridgehead atoms. The number of hydrogen-bond donors (Lipinski definition) is 1. The highest BCUT2D eigenvalue weighted by Gasteiger charge is 2.29. The van der Waals surface area contributed by atoms with Crippen molar-refractivity contribution >= 4 is 16.7 Å². The van der Waals surface area contributed by atoms with E-state index in [2.05, 4.69) is 0 Å². The quantitative estimate of drug-likeness (QED) is 0.723. The molecule has 0 saturated carbocycles. The van der Waals surface area contributed by atoms with Crippen molar-refractivity contribution in [2.24, 2.45) is 5.73 Å². The van der Waals surface area contributed by atoms with Gasteiger partial charge in [0.15, 0.2) is 0 Å². The predicted octanol–water partition coefficient (Wildman–Crippen LogP) is 3.23. The monoisotopic (exact) mass is 332 g/mol. The van der Waals surface area contributed by atoms with Crippen molar-refractivity contribution in [2.45, 2.75) is 5.92 Å². The van der Waals surface area contributed by atoms with Crippen LogP contribution in [0.15, 0.2) is 79.9 Å². The lowest BCUT2D eigenvalue weighted by Gasteiger charge is -2.21. The summed E-state index contributed by atoms with van der Waals surface area (Å²) in [5, 5.41) is 10.1. The van der Waals surface area contributed by atoms with Crippen LogP contribution in [0.3, 0.4) is 0 Å². The molecule has 0 aliphatic carbocycles. The number of furan rings is 1. The third-order valence-electron chi connectivity index (χ3n) is 3.99. The van der Waals surface area contributed by atoms with E-state index in [1.54, 1.807) is 36.4 Å². The minimum Gasteiger partial charge on any atom is -0.468 e. The lowest BCUT2D eigenvalue weighted by Crippen LogP contribution is -2.18. The van der Waals surface area contributed by atoms with Gasteiger partial charge in [-0.05, 0) is 30.3 Å². The second-order valence-electron chi connectivity index (χ2n) is 5.50. The van der Waals surface area contributed by atoms with E-state index in [0.717, 1.165) is 5.39 Å². The topological polar surface area (TPSA) is 102 Å². The van der Waals surface area contributed by atoms with Gasteiger partial charge in [-0.1, -0.05) is 18.2 Å². The summed E-state index contributed by atoms with van der Waals surface area (Å²) in [6, 6.07) is 14.3. The molecule has 6 heteroatoms. The van der Waals surface area contributed by atoms with E-state index in [1.807, 2.05) is 18.2 Å². The molecular formula is C19H12N2O4. The molecule has 25 heavy (non-hydrogen) atoms. The van der Waals surface area contributed by atoms with Crippen molar-refractivity contribution in [1.82, 2.24) is 0 Å². The molecular weight excluding hydrogens is 320 g/mol. The fourth-order valence-electron chi connectivity index (χ4n) is 2.79. The average Bonchev–Trinajstić information content (AvgIpc) is 3.15. The first kappa shape index (κ1) is 14.8. The molecule has 2 N–H and O–H groups in total. The molecule has 2 aromatic heterocycles. The van der Waals surface area contributed by atoms with E-state index in [-0.39, 0.29) is 22.8 Å². The molecule has 3 heterocycles. The maximum absolute atomic E-state index is 12.4. The van der Waals surface area contributed by atoms with Gasteiger partial charge >= 0.3 is 5.63 Å². The molecule has 122 valence electrons. The fourth-order valence-corrected chi connectivity index (χ4v) is 2.79. The molecule has 6 nitrogen and oxygen atoms in total. The molecule has 0 spiro atoms. The Morgan fingerprint density at radius 3 is 2.76 bits per heavy atom. The van der Waals surface area contributed by atoms with E-state index < -0.39 is 11.5 Å². The number of ether oxygens (including phenoxy) is 1. The molecule has 1 aromatic carbocycles. The molecule has 3 aromatic rings. The first-order valence-corrected chi connectivity index (χ1v) is 7.53. The number of fused-ring (bicyclic) bond motifs is 1. The number of allylic oxidation sites excluding steroid dienone is 2. The molecule has 1 aliphatic rings. The maximum atomic E-state index is 12.4. The average molecular weight is 332 g/mol. The number of nitrogens with two attached hydrogens (primary N) is 1. The Morgan fingerprint density at radius 2 is 2.00 bits per heavy atom. The minimum absolute atomic E-state index is 0.0611. The second kappa shape index (κ2) is 5.73. The first-order valence-electron chi connectivity index (χ1n) is 7.53. The van der Waals surface area contributed by atoms with Crippen LogP contribution in [0.5, 0.6) is 0 Å². The summed E-state index contributed by atoms with van der Waals surface area (Å²) in [4.78, 5) is 12.4. The van der Waals surface area contributed by atoms with Gasteiger partial charge < -0.3 is 19.3 Å². The Kier molecular flexibility index (Phi) is 3.40. The van der Waals surface area contributed by atoms with Crippen molar-refractivity contribution in [3.8, 4) is 6.07 Å². The molecule has 0 radical (unpaired) electrons. The third kappa shape index (κ3) is 2.48. The smallest absolute Gasteiger partial charge is 0.347 e. The van der Waals surface area contributed by atoms with Crippen LogP contribution in [0, 0.1) is 11.3 Å². The standard InChI is InChI=1S/C19H12N2O4/c20-10-14-12(16-6-3-7-23-16)9-17(24-18(14)21)13-8-11-4-1-2-5-15(11)25-19(13)22/h1-9,12H,21H2. The zero-order valence-electron chi connectivity index (χ0n) is 12.9. The van der Waals surface area contributed by atoms with E-state index in [9.17, 15) is 10.1 Å². The number of rotatable bonds is 2. The summed E-state index contributed by atoms with van der Waals surface area (Å²) in [7, 11) is 0. The van der Waals surface area contributed by atoms with Crippen LogP contribution >= 0.6 is 0 Å². The summed E-state index contributed by atoms with van der Waals surface area (Å²) < 4.78 is 16.3. The number of nitriles is 1. The zero-order chi connectivity index (χ0) is 17.4. The third-order valence-corrected chi connectivity index (χ3v) is 3.99. The molecule has 1 unspecified atom stereocenters. The lowest BCUT2D eigenvalue weighted by atomic mass is 9.94. The zero-order valence-corrected chi connectivity index (χ0v) is 12.9. The van der Waals surface area contributed by atoms with Gasteiger partial charge in [0.25, 0.3) is 0 Å². The Hall–Kier alpha value is -3.72. The normalized spacial score (nSPS) is 17.1. The van der Waals surface area contributed by atoms with Gasteiger partial charge in [0.2, 0.25) is 5.88 Å². The molecule has 0 saturated heterocycles. The van der Waals surface area contributed by atoms with Crippen molar-refractivity contribution in [2.75, 3.05) is 0 Å². The molecule has 1 atom stereocenters. The van der Waals surface area contributed by atoms with Gasteiger partial charge in [0.1, 0.15) is 34.3 Å². The van der Waals surface area contributed by atoms with E-state index >= 15 is 0 Å². The number of benzene rings is 1. The second-order valence-corrected chi connectivity index (χ2v) is 5.50. The van der Waals surface area contributed by atoms with Crippen LogP contribution < -0.4 is 11.4 Å². The van der Waals surface area contributed by atoms with Crippen LogP contribution in [-0.4, -0.2) is 0 Å². The van der Waals surface area contributed by atoms with Crippen LogP contribution in [-0.2, 0) is 4.74 Å². The summed E-state index contributed by atoms with van der Waals surface area (Å²) in [5.74, 6) is 0.173. The van der Waals surface area contributed by atoms with Crippen molar-refractivity contribution in [3.63, 3.8) is 0 Å². The summed E-state index contributed by atoms with van der Waals surface area (Å²) >= 11 is 0. The summed E-state index contributed by atoms with van der Waals surface area (Å²) in [5.41, 5.74) is 6.29. The number of para-hydroxylation sites is 1. The Balaban J connectivity index is 1.87. The van der Waals surface area contributed by atoms with Gasteiger partial charge in [-0.2, -0.15) is 5.26 Å². The van der Waals surface area contributed by atoms with Gasteiger partial charge in [-0.3, -0.25) is 0 Å². The molecule has 0 fully saturated rings. The lowest BCUT2D eigenvalue weighted by molar-refractivity contribution is 0.353. The number of nitrogens with zero attached hydrogens (tertiary/aromatic N) is 1. The van der Waals surface area contributed by atoms with Gasteiger partial charge in [-0.25, -0.2) is 4.79 Å². The fraction of sp³-hybridized carbons (Fsp3) is 0.0526. The Bertz CT molecular complexity index is 1110. The molecule has 4 rings (SSSR count). The predicted molar refractivity (Wildman–Crippen MR) is 89.8 cm³/mol. The SMILES string of the molecule is N#CC1=C(N)OC(c2cc3ccccc3oc2=O)=CC1c1ccco1. The summed E-state index contributed by atoms with van der Waals surface area (Å²) in [6.07, 6.45) is 3.14. The van der Waals surface area contributed by atoms with Gasteiger partial charge in [0.05, 0.1) is 12.2 Å². The van der Waals surface area contributed by atoms with E-state index in [1.165, 1.54) is 6.26 Å². The molecule has 0 amide bonds. The number of hydrogen-bond acceptors (Lipinski definition) is 6. The highest BCUT2D eigenvalue weighted by molar-refractivity contribution is 5.80. The van der Waals surface area contributed by atoms with Crippen LogP contribution in [0.25, 0.3) is 16.7 Å². The van der Waals surface area contributed by atoms with Gasteiger partial charge in [0, 0.05) is 5.39 Å². The Labute approximate surface area is 142 Å². The van der Waals surface area contributed by atoms with Crippen molar-refractivity contribution < 1.29 is 13.6 Å². The van der Waals surface area contributed by atoms with Crippen molar-refractivity contribution in [1.29, 1.82) is 5.26 Å². The minimum atomic E-state index is -0.545. The van der Waals surface area contributed by atoms with Crippen molar-refractivity contribution in [3.05, 3.63) is 88.0 Å². The maximum Gasteiger partial charge on any atom is 0.347 e. The highest BCUT2D eigenvalue weighted by atomic mass is 16.5. The molecule has 1 aliphatic heterocycles. The van der Waals surface area contributed by atoms with Crippen LogP contribution in [0.4, 0.5) is 0 Å². The first-order chi connectivity index (χ1) is 12.2. The van der Waals surface area contributed by atoms with Crippen LogP contribution in [0.2, 0.25) is 0 Å². The Morgan fingerprint density at radius 1 is 1.16 bits per heavy atom. The largest absolute Gasteiger partial charge is 0.468 e. The van der Waals surface area contributed by atoms with Crippen LogP contribution in [0.1, 0.15) is 17.2 Å². The highest BCUT2D eigenvalue weighted by Crippen LogP contribution is 2.36. The summed E-state index contributed by atoms with van der Waals surface area (Å²) in [6.45, 7) is 0. The van der Waals surface area contributed by atoms with Gasteiger partial charge in [-0.15, -0.1) is 0 Å².